The molecule has 0 saturated carbocycles. The largest absolute Gasteiger partial charge is 0.497 e. The van der Waals surface area contributed by atoms with Gasteiger partial charge in [-0.3, -0.25) is 0 Å². The van der Waals surface area contributed by atoms with Crippen LogP contribution in [0, 0.1) is 0 Å². The van der Waals surface area contributed by atoms with Gasteiger partial charge in [-0.15, -0.1) is 0 Å². The zero-order valence-electron chi connectivity index (χ0n) is 9.00. The highest BCUT2D eigenvalue weighted by molar-refractivity contribution is 5.68. The highest BCUT2D eigenvalue weighted by Crippen LogP contribution is 2.25. The van der Waals surface area contributed by atoms with Crippen LogP contribution >= 0.6 is 0 Å². The summed E-state index contributed by atoms with van der Waals surface area (Å²) in [7, 11) is 1.65. The molecule has 3 N–H and O–H groups in total. The van der Waals surface area contributed by atoms with Crippen molar-refractivity contribution in [2.75, 3.05) is 18.2 Å². The first-order valence-electron chi connectivity index (χ1n) is 4.87. The maximum absolute atomic E-state index is 5.83. The summed E-state index contributed by atoms with van der Waals surface area (Å²) in [6, 6.07) is 6.05. The second-order valence-corrected chi connectivity index (χ2v) is 3.41. The number of nitrogens with two attached hydrogens (primary N) is 1. The van der Waals surface area contributed by atoms with Crippen molar-refractivity contribution in [3.63, 3.8) is 0 Å². The number of anilines is 2. The van der Waals surface area contributed by atoms with Crippen LogP contribution in [-0.4, -0.2) is 13.2 Å². The first-order chi connectivity index (χ1) is 6.67. The Morgan fingerprint density at radius 2 is 2.21 bits per heavy atom. The van der Waals surface area contributed by atoms with E-state index < -0.39 is 0 Å². The van der Waals surface area contributed by atoms with E-state index in [2.05, 4.69) is 19.2 Å². The van der Waals surface area contributed by atoms with E-state index in [9.17, 15) is 0 Å². The standard InChI is InChI=1S/C11H18N2O/c1-4-8(2)13-11-7-9(14-3)5-6-10(11)12/h5-8,13H,4,12H2,1-3H3. The van der Waals surface area contributed by atoms with Crippen LogP contribution in [0.3, 0.4) is 0 Å². The van der Waals surface area contributed by atoms with Crippen molar-refractivity contribution >= 4 is 11.4 Å². The molecule has 3 nitrogen and oxygen atoms in total. The van der Waals surface area contributed by atoms with Crippen molar-refractivity contribution in [1.82, 2.24) is 0 Å². The summed E-state index contributed by atoms with van der Waals surface area (Å²) in [5.74, 6) is 0.824. The fourth-order valence-electron chi connectivity index (χ4n) is 1.15. The van der Waals surface area contributed by atoms with E-state index in [0.717, 1.165) is 23.5 Å². The zero-order valence-corrected chi connectivity index (χ0v) is 9.00. The number of hydrogen-bond donors (Lipinski definition) is 2. The highest BCUT2D eigenvalue weighted by Gasteiger charge is 2.03. The smallest absolute Gasteiger partial charge is 0.121 e. The van der Waals surface area contributed by atoms with E-state index in [1.54, 1.807) is 7.11 Å². The molecule has 0 aliphatic heterocycles. The Balaban J connectivity index is 2.83. The molecule has 14 heavy (non-hydrogen) atoms. The van der Waals surface area contributed by atoms with Crippen molar-refractivity contribution in [3.05, 3.63) is 18.2 Å². The first kappa shape index (κ1) is 10.7. The van der Waals surface area contributed by atoms with Crippen LogP contribution in [0.25, 0.3) is 0 Å². The summed E-state index contributed by atoms with van der Waals surface area (Å²) in [4.78, 5) is 0. The summed E-state index contributed by atoms with van der Waals surface area (Å²) in [5.41, 5.74) is 7.53. The molecule has 1 atom stereocenters. The van der Waals surface area contributed by atoms with Crippen molar-refractivity contribution < 1.29 is 4.74 Å². The molecule has 0 heterocycles. The minimum atomic E-state index is 0.421. The first-order valence-corrected chi connectivity index (χ1v) is 4.87. The third kappa shape index (κ3) is 2.55. The van der Waals surface area contributed by atoms with E-state index in [0.29, 0.717) is 6.04 Å². The number of methoxy groups -OCH3 is 1. The molecule has 0 amide bonds. The van der Waals surface area contributed by atoms with Crippen molar-refractivity contribution in [1.29, 1.82) is 0 Å². The highest BCUT2D eigenvalue weighted by atomic mass is 16.5. The molecule has 1 aromatic carbocycles. The van der Waals surface area contributed by atoms with Crippen LogP contribution in [0.2, 0.25) is 0 Å². The Kier molecular flexibility index (Phi) is 3.63. The summed E-state index contributed by atoms with van der Waals surface area (Å²) in [6.45, 7) is 4.26. The van der Waals surface area contributed by atoms with E-state index in [4.69, 9.17) is 10.5 Å². The molecule has 0 spiro atoms. The second-order valence-electron chi connectivity index (χ2n) is 3.41. The lowest BCUT2D eigenvalue weighted by molar-refractivity contribution is 0.415. The maximum atomic E-state index is 5.83. The van der Waals surface area contributed by atoms with Crippen molar-refractivity contribution in [3.8, 4) is 5.75 Å². The fraction of sp³-hybridized carbons (Fsp3) is 0.455. The van der Waals surface area contributed by atoms with Gasteiger partial charge in [-0.1, -0.05) is 6.92 Å². The molecule has 0 aromatic heterocycles. The van der Waals surface area contributed by atoms with Crippen LogP contribution in [-0.2, 0) is 0 Å². The van der Waals surface area contributed by atoms with Gasteiger partial charge in [0.15, 0.2) is 0 Å². The topological polar surface area (TPSA) is 47.3 Å². The number of nitrogen functional groups attached to an aromatic ring is 1. The monoisotopic (exact) mass is 194 g/mol. The molecule has 1 aromatic rings. The zero-order chi connectivity index (χ0) is 10.6. The molecular weight excluding hydrogens is 176 g/mol. The van der Waals surface area contributed by atoms with Gasteiger partial charge in [0, 0.05) is 12.1 Å². The molecule has 0 aliphatic rings. The number of benzene rings is 1. The average Bonchev–Trinajstić information content (AvgIpc) is 2.21. The van der Waals surface area contributed by atoms with Gasteiger partial charge in [0.2, 0.25) is 0 Å². The van der Waals surface area contributed by atoms with E-state index >= 15 is 0 Å². The lowest BCUT2D eigenvalue weighted by atomic mass is 10.2. The molecule has 3 heteroatoms. The third-order valence-electron chi connectivity index (χ3n) is 2.27. The number of hydrogen-bond acceptors (Lipinski definition) is 3. The molecule has 1 rings (SSSR count). The summed E-state index contributed by atoms with van der Waals surface area (Å²) >= 11 is 0. The quantitative estimate of drug-likeness (QED) is 0.724. The van der Waals surface area contributed by atoms with Gasteiger partial charge in [0.1, 0.15) is 5.75 Å². The summed E-state index contributed by atoms with van der Waals surface area (Å²) in [5, 5.41) is 3.33. The van der Waals surface area contributed by atoms with Crippen LogP contribution < -0.4 is 15.8 Å². The van der Waals surface area contributed by atoms with Gasteiger partial charge in [-0.05, 0) is 25.5 Å². The second kappa shape index (κ2) is 4.74. The molecular formula is C11H18N2O. The minimum Gasteiger partial charge on any atom is -0.497 e. The van der Waals surface area contributed by atoms with E-state index in [1.165, 1.54) is 0 Å². The van der Waals surface area contributed by atoms with E-state index in [1.807, 2.05) is 18.2 Å². The van der Waals surface area contributed by atoms with Gasteiger partial charge >= 0.3 is 0 Å². The lowest BCUT2D eigenvalue weighted by Gasteiger charge is -2.15. The average molecular weight is 194 g/mol. The number of nitrogens with one attached hydrogen (secondary N) is 1. The molecule has 0 aliphatic carbocycles. The molecule has 78 valence electrons. The Morgan fingerprint density at radius 3 is 2.79 bits per heavy atom. The Hall–Kier alpha value is -1.38. The number of ether oxygens (including phenoxy) is 1. The van der Waals surface area contributed by atoms with Crippen LogP contribution in [0.1, 0.15) is 20.3 Å². The molecule has 0 saturated heterocycles. The van der Waals surface area contributed by atoms with Crippen LogP contribution in [0.4, 0.5) is 11.4 Å². The van der Waals surface area contributed by atoms with Gasteiger partial charge in [0.25, 0.3) is 0 Å². The summed E-state index contributed by atoms with van der Waals surface area (Å²) < 4.78 is 5.13. The van der Waals surface area contributed by atoms with Crippen molar-refractivity contribution in [2.45, 2.75) is 26.3 Å². The van der Waals surface area contributed by atoms with Gasteiger partial charge in [0.05, 0.1) is 18.5 Å². The van der Waals surface area contributed by atoms with Crippen LogP contribution in [0.15, 0.2) is 18.2 Å². The summed E-state index contributed by atoms with van der Waals surface area (Å²) in [6.07, 6.45) is 1.07. The predicted molar refractivity (Wildman–Crippen MR) is 60.8 cm³/mol. The Morgan fingerprint density at radius 1 is 1.50 bits per heavy atom. The normalized spacial score (nSPS) is 12.2. The van der Waals surface area contributed by atoms with Gasteiger partial charge in [-0.2, -0.15) is 0 Å². The van der Waals surface area contributed by atoms with Crippen molar-refractivity contribution in [2.24, 2.45) is 0 Å². The van der Waals surface area contributed by atoms with Gasteiger partial charge < -0.3 is 15.8 Å². The molecule has 1 unspecified atom stereocenters. The lowest BCUT2D eigenvalue weighted by Crippen LogP contribution is -2.14. The fourth-order valence-corrected chi connectivity index (χ4v) is 1.15. The maximum Gasteiger partial charge on any atom is 0.121 e. The Bertz CT molecular complexity index is 299. The molecule has 0 bridgehead atoms. The number of rotatable bonds is 4. The molecule has 0 fully saturated rings. The van der Waals surface area contributed by atoms with Gasteiger partial charge in [-0.25, -0.2) is 0 Å². The predicted octanol–water partition coefficient (Wildman–Crippen LogP) is 2.49. The Labute approximate surface area is 85.3 Å². The van der Waals surface area contributed by atoms with Crippen LogP contribution in [0.5, 0.6) is 5.75 Å². The minimum absolute atomic E-state index is 0.421. The third-order valence-corrected chi connectivity index (χ3v) is 2.27. The van der Waals surface area contributed by atoms with E-state index in [-0.39, 0.29) is 0 Å². The molecule has 0 radical (unpaired) electrons. The SMILES string of the molecule is CCC(C)Nc1cc(OC)ccc1N.